The van der Waals surface area contributed by atoms with Gasteiger partial charge in [0.25, 0.3) is 0 Å². The molecule has 0 saturated carbocycles. The summed E-state index contributed by atoms with van der Waals surface area (Å²) in [7, 11) is 1.30. The van der Waals surface area contributed by atoms with Gasteiger partial charge in [-0.05, 0) is 43.0 Å². The van der Waals surface area contributed by atoms with Gasteiger partial charge in [-0.15, -0.1) is 0 Å². The second kappa shape index (κ2) is 11.0. The van der Waals surface area contributed by atoms with Gasteiger partial charge in [-0.1, -0.05) is 32.4 Å². The van der Waals surface area contributed by atoms with Crippen LogP contribution >= 0.6 is 11.6 Å². The van der Waals surface area contributed by atoms with Crippen molar-refractivity contribution in [2.45, 2.75) is 46.8 Å². The lowest BCUT2D eigenvalue weighted by atomic mass is 9.98. The van der Waals surface area contributed by atoms with Gasteiger partial charge in [0.15, 0.2) is 0 Å². The van der Waals surface area contributed by atoms with E-state index >= 15 is 0 Å². The molecule has 1 aliphatic heterocycles. The number of fused-ring (bicyclic) bond motifs is 3. The number of carbonyl (C=O) groups is 1. The maximum absolute atomic E-state index is 11.4. The molecule has 2 heterocycles. The van der Waals surface area contributed by atoms with Crippen LogP contribution in [0.15, 0.2) is 24.4 Å². The Kier molecular flexibility index (Phi) is 8.74. The van der Waals surface area contributed by atoms with Gasteiger partial charge in [-0.25, -0.2) is 9.78 Å². The summed E-state index contributed by atoms with van der Waals surface area (Å²) in [5.41, 5.74) is 8.45. The summed E-state index contributed by atoms with van der Waals surface area (Å²) in [6.07, 6.45) is 1.95. The Morgan fingerprint density at radius 1 is 1.33 bits per heavy atom. The molecule has 2 aromatic rings. The predicted octanol–water partition coefficient (Wildman–Crippen LogP) is 5.25. The third-order valence-electron chi connectivity index (χ3n) is 4.42. The van der Waals surface area contributed by atoms with Crippen molar-refractivity contribution in [1.82, 2.24) is 4.98 Å². The first-order valence-corrected chi connectivity index (χ1v) is 10.4. The van der Waals surface area contributed by atoms with E-state index in [4.69, 9.17) is 26.8 Å². The lowest BCUT2D eigenvalue weighted by Crippen LogP contribution is -2.21. The van der Waals surface area contributed by atoms with E-state index in [-0.39, 0.29) is 6.04 Å². The molecular weight excluding hydrogens is 406 g/mol. The molecule has 3 N–H and O–H groups in total. The van der Waals surface area contributed by atoms with Crippen LogP contribution in [0.25, 0.3) is 11.1 Å². The van der Waals surface area contributed by atoms with Crippen LogP contribution in [0.3, 0.4) is 0 Å². The highest BCUT2D eigenvalue weighted by atomic mass is 35.5. The first-order valence-electron chi connectivity index (χ1n) is 10.1. The number of halogens is 1. The van der Waals surface area contributed by atoms with E-state index in [0.29, 0.717) is 41.5 Å². The molecule has 3 rings (SSSR count). The molecule has 30 heavy (non-hydrogen) atoms. The number of hydrogen-bond donors (Lipinski definition) is 2. The topological polar surface area (TPSA) is 95.7 Å². The van der Waals surface area contributed by atoms with Crippen molar-refractivity contribution in [3.05, 3.63) is 35.0 Å². The molecule has 2 unspecified atom stereocenters. The van der Waals surface area contributed by atoms with Gasteiger partial charge in [0.2, 0.25) is 0 Å². The summed E-state index contributed by atoms with van der Waals surface area (Å²) in [5.74, 6) is 1.83. The Bertz CT molecular complexity index is 874. The minimum atomic E-state index is -0.581. The average Bonchev–Trinajstić information content (AvgIpc) is 2.74. The van der Waals surface area contributed by atoms with E-state index in [1.807, 2.05) is 32.9 Å². The van der Waals surface area contributed by atoms with Gasteiger partial charge < -0.3 is 19.9 Å². The second-order valence-electron chi connectivity index (χ2n) is 7.02. The lowest BCUT2D eigenvalue weighted by molar-refractivity contribution is 0.187. The third kappa shape index (κ3) is 5.77. The summed E-state index contributed by atoms with van der Waals surface area (Å²) in [5, 5.41) is 2.99. The lowest BCUT2D eigenvalue weighted by Gasteiger charge is -2.23. The van der Waals surface area contributed by atoms with Gasteiger partial charge in [0.1, 0.15) is 28.9 Å². The summed E-state index contributed by atoms with van der Waals surface area (Å²) >= 11 is 6.55. The van der Waals surface area contributed by atoms with E-state index in [9.17, 15) is 4.79 Å². The van der Waals surface area contributed by atoms with Gasteiger partial charge in [-0.3, -0.25) is 5.32 Å². The average molecular weight is 436 g/mol. The second-order valence-corrected chi connectivity index (χ2v) is 7.39. The normalized spacial score (nSPS) is 13.4. The molecule has 1 aromatic carbocycles. The van der Waals surface area contributed by atoms with Crippen LogP contribution in [0, 0.1) is 5.92 Å². The molecule has 1 amide bonds. The van der Waals surface area contributed by atoms with E-state index < -0.39 is 6.09 Å². The molecule has 0 radical (unpaired) electrons. The van der Waals surface area contributed by atoms with Crippen LogP contribution in [0.5, 0.6) is 11.5 Å². The van der Waals surface area contributed by atoms with Crippen molar-refractivity contribution in [3.8, 4) is 22.6 Å². The summed E-state index contributed by atoms with van der Waals surface area (Å²) in [6.45, 7) is 8.92. The van der Waals surface area contributed by atoms with Crippen LogP contribution in [0.1, 0.15) is 39.7 Å². The molecule has 0 aliphatic carbocycles. The molecule has 2 atom stereocenters. The third-order valence-corrected chi connectivity index (χ3v) is 4.78. The molecule has 164 valence electrons. The number of pyridine rings is 1. The molecule has 1 aromatic heterocycles. The number of hydrogen-bond acceptors (Lipinski definition) is 6. The number of nitrogens with one attached hydrogen (secondary N) is 1. The van der Waals surface area contributed by atoms with Gasteiger partial charge in [-0.2, -0.15) is 0 Å². The molecule has 7 nitrogen and oxygen atoms in total. The number of carbonyl (C=O) groups excluding carboxylic acids is 1. The van der Waals surface area contributed by atoms with Crippen LogP contribution in [0.4, 0.5) is 10.6 Å². The molecule has 0 spiro atoms. The highest BCUT2D eigenvalue weighted by molar-refractivity contribution is 6.34. The van der Waals surface area contributed by atoms with Crippen molar-refractivity contribution in [2.24, 2.45) is 11.7 Å². The van der Waals surface area contributed by atoms with Crippen LogP contribution < -0.4 is 20.5 Å². The first kappa shape index (κ1) is 23.8. The number of nitrogens with zero attached hydrogens (tertiary/aromatic N) is 1. The van der Waals surface area contributed by atoms with E-state index in [1.54, 1.807) is 12.3 Å². The predicted molar refractivity (Wildman–Crippen MR) is 119 cm³/mol. The van der Waals surface area contributed by atoms with Crippen molar-refractivity contribution < 1.29 is 19.0 Å². The fraction of sp³-hybridized carbons (Fsp3) is 0.455. The largest absolute Gasteiger partial charge is 0.492 e. The minimum Gasteiger partial charge on any atom is -0.492 e. The molecule has 0 fully saturated rings. The molecular formula is C22H30ClN3O4. The Labute approximate surface area is 182 Å². The van der Waals surface area contributed by atoms with Crippen molar-refractivity contribution in [3.63, 3.8) is 0 Å². The first-order chi connectivity index (χ1) is 14.4. The number of rotatable bonds is 6. The summed E-state index contributed by atoms with van der Waals surface area (Å²) in [6, 6.07) is 5.62. The quantitative estimate of drug-likeness (QED) is 0.643. The van der Waals surface area contributed by atoms with E-state index in [0.717, 1.165) is 23.1 Å². The van der Waals surface area contributed by atoms with Gasteiger partial charge >= 0.3 is 6.09 Å². The number of ether oxygens (including phenoxy) is 3. The fourth-order valence-corrected chi connectivity index (χ4v) is 3.43. The summed E-state index contributed by atoms with van der Waals surface area (Å²) in [4.78, 5) is 15.6. The monoisotopic (exact) mass is 435 g/mol. The zero-order valence-corrected chi connectivity index (χ0v) is 18.9. The van der Waals surface area contributed by atoms with Crippen LogP contribution in [-0.2, 0) is 11.3 Å². The fourth-order valence-electron chi connectivity index (χ4n) is 3.16. The summed E-state index contributed by atoms with van der Waals surface area (Å²) < 4.78 is 16.4. The minimum absolute atomic E-state index is 0.124. The number of nitrogens with two attached hydrogens (primary N) is 1. The number of aromatic nitrogens is 1. The zero-order valence-electron chi connectivity index (χ0n) is 18.1. The maximum Gasteiger partial charge on any atom is 0.412 e. The van der Waals surface area contributed by atoms with Crippen LogP contribution in [0.2, 0.25) is 5.02 Å². The number of amides is 1. The van der Waals surface area contributed by atoms with Crippen molar-refractivity contribution >= 4 is 23.5 Å². The molecule has 0 saturated heterocycles. The maximum atomic E-state index is 11.4. The number of benzene rings is 1. The Balaban J connectivity index is 0.00000155. The standard InChI is InChI=1S/C20H24ClN3O4.C2H6/c1-11(6-12(2)22)9-27-16-5-4-14-15-7-17(24-20(25)26-3)23-8-13(15)10-28-19(14)18(16)21;1-2/h4-5,7-8,11-12H,6,9-10,22H2,1-3H3,(H,23,24,25);1-2H3. The van der Waals surface area contributed by atoms with Crippen molar-refractivity contribution in [2.75, 3.05) is 19.0 Å². The van der Waals surface area contributed by atoms with E-state index in [2.05, 4.69) is 22.0 Å². The smallest absolute Gasteiger partial charge is 0.412 e. The number of anilines is 1. The zero-order chi connectivity index (χ0) is 22.3. The van der Waals surface area contributed by atoms with Crippen LogP contribution in [-0.4, -0.2) is 30.8 Å². The number of methoxy groups -OCH3 is 1. The Morgan fingerprint density at radius 3 is 2.73 bits per heavy atom. The van der Waals surface area contributed by atoms with Gasteiger partial charge in [0.05, 0.1) is 13.7 Å². The van der Waals surface area contributed by atoms with Gasteiger partial charge in [0, 0.05) is 23.4 Å². The highest BCUT2D eigenvalue weighted by Crippen LogP contribution is 2.46. The SMILES string of the molecule is CC.COC(=O)Nc1cc2c(cn1)COc1c-2ccc(OCC(C)CC(C)N)c1Cl. The molecule has 8 heteroatoms. The molecule has 0 bridgehead atoms. The van der Waals surface area contributed by atoms with Crippen molar-refractivity contribution in [1.29, 1.82) is 0 Å². The van der Waals surface area contributed by atoms with E-state index in [1.165, 1.54) is 7.11 Å². The Hall–Kier alpha value is -2.51. The Morgan fingerprint density at radius 2 is 2.07 bits per heavy atom. The highest BCUT2D eigenvalue weighted by Gasteiger charge is 2.23. The molecule has 1 aliphatic rings.